The molecular weight excluding hydrogens is 337 g/mol. The van der Waals surface area contributed by atoms with E-state index in [1.165, 1.54) is 6.07 Å². The number of nitrogens with zero attached hydrogens (tertiary/aromatic N) is 2. The van der Waals surface area contributed by atoms with Crippen LogP contribution in [0.1, 0.15) is 0 Å². The second-order valence-electron chi connectivity index (χ2n) is 3.72. The molecule has 1 heterocycles. The summed E-state index contributed by atoms with van der Waals surface area (Å²) in [6.45, 7) is 2.92. The summed E-state index contributed by atoms with van der Waals surface area (Å²) in [6, 6.07) is 3.19. The van der Waals surface area contributed by atoms with Gasteiger partial charge in [-0.05, 0) is 28.7 Å². The van der Waals surface area contributed by atoms with Crippen molar-refractivity contribution < 1.29 is 9.66 Å². The molecule has 2 rings (SSSR count). The first-order valence-corrected chi connectivity index (χ1v) is 6.23. The SMILES string of the molecule is Nc1cc(N2CCOCC2)c(I)cc1[N+](=O)[O-]. The third kappa shape index (κ3) is 2.60. The van der Waals surface area contributed by atoms with Crippen molar-refractivity contribution in [2.75, 3.05) is 36.9 Å². The van der Waals surface area contributed by atoms with Crippen molar-refractivity contribution in [2.45, 2.75) is 0 Å². The zero-order valence-electron chi connectivity index (χ0n) is 9.06. The molecule has 92 valence electrons. The van der Waals surface area contributed by atoms with E-state index in [-0.39, 0.29) is 11.4 Å². The summed E-state index contributed by atoms with van der Waals surface area (Å²) in [4.78, 5) is 12.4. The third-order valence-corrected chi connectivity index (χ3v) is 3.51. The number of hydrogen-bond donors (Lipinski definition) is 1. The molecule has 0 amide bonds. The van der Waals surface area contributed by atoms with Crippen LogP contribution in [0.25, 0.3) is 0 Å². The Labute approximate surface area is 112 Å². The summed E-state index contributed by atoms with van der Waals surface area (Å²) in [7, 11) is 0. The van der Waals surface area contributed by atoms with E-state index in [9.17, 15) is 10.1 Å². The third-order valence-electron chi connectivity index (χ3n) is 2.64. The van der Waals surface area contributed by atoms with Crippen LogP contribution in [-0.4, -0.2) is 31.2 Å². The zero-order valence-corrected chi connectivity index (χ0v) is 11.2. The van der Waals surface area contributed by atoms with Crippen LogP contribution in [0.2, 0.25) is 0 Å². The maximum absolute atomic E-state index is 10.8. The molecule has 0 radical (unpaired) electrons. The topological polar surface area (TPSA) is 81.6 Å². The summed E-state index contributed by atoms with van der Waals surface area (Å²) in [5.74, 6) is 0. The molecule has 0 aromatic heterocycles. The van der Waals surface area contributed by atoms with Crippen LogP contribution >= 0.6 is 22.6 Å². The van der Waals surface area contributed by atoms with Crippen LogP contribution in [0.4, 0.5) is 17.1 Å². The number of nitrogen functional groups attached to an aromatic ring is 1. The first-order valence-electron chi connectivity index (χ1n) is 5.15. The fourth-order valence-corrected chi connectivity index (χ4v) is 2.56. The van der Waals surface area contributed by atoms with E-state index in [4.69, 9.17) is 10.5 Å². The lowest BCUT2D eigenvalue weighted by Crippen LogP contribution is -2.36. The van der Waals surface area contributed by atoms with Crippen molar-refractivity contribution in [1.29, 1.82) is 0 Å². The molecule has 1 fully saturated rings. The Morgan fingerprint density at radius 2 is 2.06 bits per heavy atom. The van der Waals surface area contributed by atoms with Gasteiger partial charge in [-0.25, -0.2) is 0 Å². The van der Waals surface area contributed by atoms with Gasteiger partial charge >= 0.3 is 0 Å². The average Bonchev–Trinajstić information content (AvgIpc) is 2.32. The number of nitro groups is 1. The van der Waals surface area contributed by atoms with Gasteiger partial charge in [0.15, 0.2) is 0 Å². The highest BCUT2D eigenvalue weighted by Gasteiger charge is 2.19. The highest BCUT2D eigenvalue weighted by molar-refractivity contribution is 14.1. The first-order chi connectivity index (χ1) is 8.09. The van der Waals surface area contributed by atoms with Crippen molar-refractivity contribution in [3.8, 4) is 0 Å². The second kappa shape index (κ2) is 5.05. The Morgan fingerprint density at radius 3 is 2.65 bits per heavy atom. The zero-order chi connectivity index (χ0) is 12.4. The lowest BCUT2D eigenvalue weighted by molar-refractivity contribution is -0.384. The maximum Gasteiger partial charge on any atom is 0.293 e. The minimum Gasteiger partial charge on any atom is -0.393 e. The number of ether oxygens (including phenoxy) is 1. The number of rotatable bonds is 2. The standard InChI is InChI=1S/C10H12IN3O3/c11-7-5-10(14(15)16)8(12)6-9(7)13-1-3-17-4-2-13/h5-6H,1-4,12H2. The molecule has 0 spiro atoms. The predicted octanol–water partition coefficient (Wildman–Crippen LogP) is 1.62. The number of halogens is 1. The Kier molecular flexibility index (Phi) is 3.67. The van der Waals surface area contributed by atoms with Crippen molar-refractivity contribution >= 4 is 39.7 Å². The van der Waals surface area contributed by atoms with Crippen LogP contribution in [0.5, 0.6) is 0 Å². The summed E-state index contributed by atoms with van der Waals surface area (Å²) >= 11 is 2.10. The second-order valence-corrected chi connectivity index (χ2v) is 4.88. The Hall–Kier alpha value is -1.09. The van der Waals surface area contributed by atoms with Crippen LogP contribution in [-0.2, 0) is 4.74 Å². The van der Waals surface area contributed by atoms with Crippen molar-refractivity contribution in [1.82, 2.24) is 0 Å². The van der Waals surface area contributed by atoms with Gasteiger partial charge in [0.05, 0.1) is 23.8 Å². The van der Waals surface area contributed by atoms with E-state index >= 15 is 0 Å². The molecule has 1 saturated heterocycles. The van der Waals surface area contributed by atoms with E-state index in [2.05, 4.69) is 27.5 Å². The molecule has 1 aliphatic rings. The molecule has 7 heteroatoms. The first kappa shape index (κ1) is 12.4. The van der Waals surface area contributed by atoms with Gasteiger partial charge in [-0.15, -0.1) is 0 Å². The molecule has 0 bridgehead atoms. The Balaban J connectivity index is 2.35. The molecule has 0 aliphatic carbocycles. The quantitative estimate of drug-likeness (QED) is 0.380. The minimum atomic E-state index is -0.458. The summed E-state index contributed by atoms with van der Waals surface area (Å²) in [5, 5.41) is 10.8. The Bertz CT molecular complexity index is 447. The van der Waals surface area contributed by atoms with Crippen LogP contribution in [0.15, 0.2) is 12.1 Å². The van der Waals surface area contributed by atoms with Crippen molar-refractivity contribution in [2.24, 2.45) is 0 Å². The molecule has 0 atom stereocenters. The molecule has 1 aromatic carbocycles. The van der Waals surface area contributed by atoms with E-state index in [0.29, 0.717) is 13.2 Å². The largest absolute Gasteiger partial charge is 0.393 e. The molecule has 2 N–H and O–H groups in total. The minimum absolute atomic E-state index is 0.0357. The number of benzene rings is 1. The normalized spacial score (nSPS) is 15.9. The van der Waals surface area contributed by atoms with Crippen LogP contribution in [0.3, 0.4) is 0 Å². The molecule has 0 unspecified atom stereocenters. The number of nitro benzene ring substituents is 1. The number of nitrogens with two attached hydrogens (primary N) is 1. The molecule has 0 saturated carbocycles. The van der Waals surface area contributed by atoms with Gasteiger partial charge in [-0.2, -0.15) is 0 Å². The monoisotopic (exact) mass is 349 g/mol. The van der Waals surface area contributed by atoms with Gasteiger partial charge in [0.25, 0.3) is 5.69 Å². The highest BCUT2D eigenvalue weighted by atomic mass is 127. The summed E-state index contributed by atoms with van der Waals surface area (Å²) in [5.41, 5.74) is 6.81. The smallest absolute Gasteiger partial charge is 0.293 e. The molecule has 17 heavy (non-hydrogen) atoms. The molecular formula is C10H12IN3O3. The number of anilines is 2. The predicted molar refractivity (Wildman–Crippen MR) is 73.3 cm³/mol. The maximum atomic E-state index is 10.8. The summed E-state index contributed by atoms with van der Waals surface area (Å²) < 4.78 is 6.11. The van der Waals surface area contributed by atoms with Crippen LogP contribution in [0, 0.1) is 13.7 Å². The van der Waals surface area contributed by atoms with Crippen molar-refractivity contribution in [3.05, 3.63) is 25.8 Å². The number of hydrogen-bond acceptors (Lipinski definition) is 5. The lowest BCUT2D eigenvalue weighted by atomic mass is 10.2. The lowest BCUT2D eigenvalue weighted by Gasteiger charge is -2.29. The average molecular weight is 349 g/mol. The van der Waals surface area contributed by atoms with E-state index < -0.39 is 4.92 Å². The van der Waals surface area contributed by atoms with Gasteiger partial charge in [0, 0.05) is 22.7 Å². The van der Waals surface area contributed by atoms with Crippen LogP contribution < -0.4 is 10.6 Å². The van der Waals surface area contributed by atoms with E-state index in [1.54, 1.807) is 6.07 Å². The molecule has 1 aliphatic heterocycles. The molecule has 6 nitrogen and oxygen atoms in total. The Morgan fingerprint density at radius 1 is 1.41 bits per heavy atom. The fraction of sp³-hybridized carbons (Fsp3) is 0.400. The fourth-order valence-electron chi connectivity index (χ4n) is 1.77. The summed E-state index contributed by atoms with van der Waals surface area (Å²) in [6.07, 6.45) is 0. The van der Waals surface area contributed by atoms with Gasteiger partial charge in [-0.3, -0.25) is 10.1 Å². The highest BCUT2D eigenvalue weighted by Crippen LogP contribution is 2.32. The van der Waals surface area contributed by atoms with Gasteiger partial charge in [0.1, 0.15) is 5.69 Å². The molecule has 1 aromatic rings. The number of morpholine rings is 1. The van der Waals surface area contributed by atoms with Crippen molar-refractivity contribution in [3.63, 3.8) is 0 Å². The van der Waals surface area contributed by atoms with Gasteiger partial charge < -0.3 is 15.4 Å². The van der Waals surface area contributed by atoms with E-state index in [0.717, 1.165) is 22.3 Å². The van der Waals surface area contributed by atoms with Gasteiger partial charge in [-0.1, -0.05) is 0 Å². The van der Waals surface area contributed by atoms with Gasteiger partial charge in [0.2, 0.25) is 0 Å². The van der Waals surface area contributed by atoms with E-state index in [1.807, 2.05) is 0 Å².